The average Bonchev–Trinajstić information content (AvgIpc) is 2.17. The zero-order valence-corrected chi connectivity index (χ0v) is 9.92. The molecule has 0 aromatic heterocycles. The SMILES string of the molecule is CO[P+](=O)Oc1ccc(S(C)(=O)=O)cc1. The van der Waals surface area contributed by atoms with E-state index in [1.807, 2.05) is 0 Å². The monoisotopic (exact) mass is 249 g/mol. The number of sulfone groups is 1. The summed E-state index contributed by atoms with van der Waals surface area (Å²) in [7, 11) is -4.15. The summed E-state index contributed by atoms with van der Waals surface area (Å²) in [5.74, 6) is 0.297. The summed E-state index contributed by atoms with van der Waals surface area (Å²) < 4.78 is 42.3. The molecule has 0 saturated heterocycles. The molecule has 0 aliphatic carbocycles. The zero-order chi connectivity index (χ0) is 11.5. The zero-order valence-electron chi connectivity index (χ0n) is 8.21. The van der Waals surface area contributed by atoms with Gasteiger partial charge in [0.25, 0.3) is 0 Å². The highest BCUT2D eigenvalue weighted by atomic mass is 32.2. The lowest BCUT2D eigenvalue weighted by Crippen LogP contribution is -1.96. The fourth-order valence-corrected chi connectivity index (χ4v) is 1.87. The molecule has 1 atom stereocenters. The molecule has 0 radical (unpaired) electrons. The number of benzene rings is 1. The lowest BCUT2D eigenvalue weighted by molar-refractivity contribution is 0.349. The van der Waals surface area contributed by atoms with Crippen LogP contribution < -0.4 is 4.52 Å². The molecule has 5 nitrogen and oxygen atoms in total. The van der Waals surface area contributed by atoms with Crippen LogP contribution in [0.5, 0.6) is 5.75 Å². The van der Waals surface area contributed by atoms with E-state index in [1.54, 1.807) is 0 Å². The van der Waals surface area contributed by atoms with E-state index in [-0.39, 0.29) is 4.90 Å². The molecule has 15 heavy (non-hydrogen) atoms. The van der Waals surface area contributed by atoms with Gasteiger partial charge in [0.1, 0.15) is 0 Å². The van der Waals surface area contributed by atoms with Gasteiger partial charge in [-0.3, -0.25) is 0 Å². The molecule has 0 amide bonds. The molecule has 1 aromatic carbocycles. The highest BCUT2D eigenvalue weighted by Gasteiger charge is 2.19. The van der Waals surface area contributed by atoms with Gasteiger partial charge in [-0.15, -0.1) is 4.52 Å². The van der Waals surface area contributed by atoms with E-state index < -0.39 is 18.1 Å². The van der Waals surface area contributed by atoms with E-state index in [9.17, 15) is 13.0 Å². The van der Waals surface area contributed by atoms with Gasteiger partial charge in [-0.05, 0) is 24.3 Å². The lowest BCUT2D eigenvalue weighted by atomic mass is 10.3. The van der Waals surface area contributed by atoms with Crippen LogP contribution in [0.15, 0.2) is 29.2 Å². The highest BCUT2D eigenvalue weighted by Crippen LogP contribution is 2.27. The van der Waals surface area contributed by atoms with Crippen molar-refractivity contribution < 1.29 is 22.0 Å². The fraction of sp³-hybridized carbons (Fsp3) is 0.250. The van der Waals surface area contributed by atoms with Gasteiger partial charge in [-0.25, -0.2) is 12.9 Å². The average molecular weight is 249 g/mol. The molecule has 1 aromatic rings. The first-order valence-corrected chi connectivity index (χ1v) is 6.91. The van der Waals surface area contributed by atoms with Crippen LogP contribution in [0.2, 0.25) is 0 Å². The first-order chi connectivity index (χ1) is 6.93. The summed E-state index contributed by atoms with van der Waals surface area (Å²) in [5.41, 5.74) is 0. The summed E-state index contributed by atoms with van der Waals surface area (Å²) in [6.07, 6.45) is 1.11. The van der Waals surface area contributed by atoms with E-state index in [1.165, 1.54) is 31.4 Å². The second-order valence-corrected chi connectivity index (χ2v) is 5.75. The van der Waals surface area contributed by atoms with E-state index in [0.29, 0.717) is 5.75 Å². The minimum Gasteiger partial charge on any atom is -0.229 e. The van der Waals surface area contributed by atoms with Gasteiger partial charge >= 0.3 is 8.25 Å². The van der Waals surface area contributed by atoms with Crippen molar-refractivity contribution in [2.45, 2.75) is 4.90 Å². The van der Waals surface area contributed by atoms with Crippen LogP contribution in [0.4, 0.5) is 0 Å². The Morgan fingerprint density at radius 2 is 1.73 bits per heavy atom. The fourth-order valence-electron chi connectivity index (χ4n) is 0.871. The van der Waals surface area contributed by atoms with Gasteiger partial charge in [-0.1, -0.05) is 0 Å². The Morgan fingerprint density at radius 1 is 1.20 bits per heavy atom. The van der Waals surface area contributed by atoms with Crippen LogP contribution in [0.25, 0.3) is 0 Å². The molecule has 0 spiro atoms. The van der Waals surface area contributed by atoms with Crippen molar-refractivity contribution in [2.75, 3.05) is 13.4 Å². The Labute approximate surface area is 88.9 Å². The predicted octanol–water partition coefficient (Wildman–Crippen LogP) is 1.77. The van der Waals surface area contributed by atoms with Crippen LogP contribution in [-0.4, -0.2) is 21.8 Å². The van der Waals surface area contributed by atoms with E-state index in [4.69, 9.17) is 4.52 Å². The maximum Gasteiger partial charge on any atom is 0.749 e. The van der Waals surface area contributed by atoms with E-state index >= 15 is 0 Å². The van der Waals surface area contributed by atoms with Crippen molar-refractivity contribution in [2.24, 2.45) is 0 Å². The van der Waals surface area contributed by atoms with Crippen molar-refractivity contribution in [3.63, 3.8) is 0 Å². The second kappa shape index (κ2) is 4.70. The molecule has 1 unspecified atom stereocenters. The van der Waals surface area contributed by atoms with Gasteiger partial charge in [0, 0.05) is 10.8 Å². The van der Waals surface area contributed by atoms with E-state index in [2.05, 4.69) is 4.52 Å². The van der Waals surface area contributed by atoms with Crippen molar-refractivity contribution in [1.29, 1.82) is 0 Å². The van der Waals surface area contributed by atoms with Gasteiger partial charge in [0.2, 0.25) is 0 Å². The van der Waals surface area contributed by atoms with Crippen molar-refractivity contribution in [3.05, 3.63) is 24.3 Å². The van der Waals surface area contributed by atoms with Gasteiger partial charge in [-0.2, -0.15) is 0 Å². The normalized spacial score (nSPS) is 12.3. The Bertz CT molecular complexity index is 450. The third-order valence-electron chi connectivity index (χ3n) is 1.58. The molecule has 0 aliphatic rings. The molecule has 1 rings (SSSR count). The minimum atomic E-state index is -3.21. The van der Waals surface area contributed by atoms with Crippen LogP contribution in [0.3, 0.4) is 0 Å². The third kappa shape index (κ3) is 3.58. The molecule has 0 aliphatic heterocycles. The quantitative estimate of drug-likeness (QED) is 0.760. The molecule has 0 saturated carbocycles. The number of hydrogen-bond acceptors (Lipinski definition) is 5. The standard InChI is InChI=1S/C8H10O5PS/c1-12-14(9)13-7-3-5-8(6-4-7)15(2,10)11/h3-6H,1-2H3/q+1. The van der Waals surface area contributed by atoms with E-state index in [0.717, 1.165) is 6.26 Å². The predicted molar refractivity (Wildman–Crippen MR) is 54.8 cm³/mol. The van der Waals surface area contributed by atoms with Gasteiger partial charge < -0.3 is 0 Å². The summed E-state index contributed by atoms with van der Waals surface area (Å²) in [6, 6.07) is 5.60. The van der Waals surface area contributed by atoms with Crippen LogP contribution in [0, 0.1) is 0 Å². The second-order valence-electron chi connectivity index (χ2n) is 2.74. The molecule has 0 fully saturated rings. The van der Waals surface area contributed by atoms with Crippen LogP contribution in [0.1, 0.15) is 0 Å². The Balaban J connectivity index is 2.86. The third-order valence-corrected chi connectivity index (χ3v) is 3.37. The minimum absolute atomic E-state index is 0.183. The Kier molecular flexibility index (Phi) is 3.79. The summed E-state index contributed by atoms with van der Waals surface area (Å²) in [5, 5.41) is 0. The number of hydrogen-bond donors (Lipinski definition) is 0. The van der Waals surface area contributed by atoms with Crippen LogP contribution in [-0.2, 0) is 18.9 Å². The molecule has 7 heteroatoms. The number of rotatable bonds is 4. The lowest BCUT2D eigenvalue weighted by Gasteiger charge is -1.97. The maximum atomic E-state index is 11.1. The van der Waals surface area contributed by atoms with Gasteiger partial charge in [0.15, 0.2) is 15.6 Å². The van der Waals surface area contributed by atoms with Gasteiger partial charge in [0.05, 0.1) is 12.0 Å². The molecule has 0 bridgehead atoms. The first kappa shape index (κ1) is 12.1. The van der Waals surface area contributed by atoms with Crippen LogP contribution >= 0.6 is 8.25 Å². The Hall–Kier alpha value is -0.970. The summed E-state index contributed by atoms with van der Waals surface area (Å²) in [6.45, 7) is 0. The highest BCUT2D eigenvalue weighted by molar-refractivity contribution is 7.90. The van der Waals surface area contributed by atoms with Crippen molar-refractivity contribution in [3.8, 4) is 5.75 Å². The largest absolute Gasteiger partial charge is 0.749 e. The summed E-state index contributed by atoms with van der Waals surface area (Å²) in [4.78, 5) is 0.183. The molecule has 0 N–H and O–H groups in total. The maximum absolute atomic E-state index is 11.1. The molecule has 0 heterocycles. The first-order valence-electron chi connectivity index (χ1n) is 3.93. The molecular weight excluding hydrogens is 239 g/mol. The Morgan fingerprint density at radius 3 is 2.13 bits per heavy atom. The molecular formula is C8H10O5PS+. The topological polar surface area (TPSA) is 69.7 Å². The smallest absolute Gasteiger partial charge is 0.229 e. The summed E-state index contributed by atoms with van der Waals surface area (Å²) >= 11 is 0. The van der Waals surface area contributed by atoms with Crippen molar-refractivity contribution in [1.82, 2.24) is 0 Å². The molecule has 82 valence electrons. The van der Waals surface area contributed by atoms with Crippen molar-refractivity contribution >= 4 is 18.1 Å².